The third kappa shape index (κ3) is 5.10. The number of nitrogens with zero attached hydrogens (tertiary/aromatic N) is 1. The van der Waals surface area contributed by atoms with E-state index in [0.29, 0.717) is 22.8 Å². The second kappa shape index (κ2) is 10.8. The molecular formula is C33H39ClFNO2Si. The van der Waals surface area contributed by atoms with Crippen LogP contribution in [0.4, 0.5) is 10.1 Å². The van der Waals surface area contributed by atoms with Crippen molar-refractivity contribution < 1.29 is 13.6 Å². The lowest BCUT2D eigenvalue weighted by Gasteiger charge is -2.49. The van der Waals surface area contributed by atoms with E-state index < -0.39 is 13.7 Å². The highest BCUT2D eigenvalue weighted by molar-refractivity contribution is 6.99. The van der Waals surface area contributed by atoms with Crippen LogP contribution in [0.1, 0.15) is 64.9 Å². The molecule has 1 heterocycles. The summed E-state index contributed by atoms with van der Waals surface area (Å²) in [5, 5.41) is 2.78. The van der Waals surface area contributed by atoms with Crippen LogP contribution < -0.4 is 15.3 Å². The Balaban J connectivity index is 1.42. The van der Waals surface area contributed by atoms with Gasteiger partial charge in [-0.3, -0.25) is 4.79 Å². The highest BCUT2D eigenvalue weighted by Crippen LogP contribution is 2.48. The van der Waals surface area contributed by atoms with Gasteiger partial charge in [-0.1, -0.05) is 93.0 Å². The van der Waals surface area contributed by atoms with E-state index >= 15 is 0 Å². The van der Waals surface area contributed by atoms with E-state index in [9.17, 15) is 9.18 Å². The third-order valence-corrected chi connectivity index (χ3v) is 14.3. The number of rotatable bonds is 5. The standard InChI is InChI=1S/C33H39ClFNO2Si/c1-24-22-30(28(34)23-29(24)35)36-21-11-18-33(31(36)37)19-16-25(17-20-33)38-39(32(2,3)4,26-12-7-5-8-13-26)27-14-9-6-10-15-27/h5-10,12-15,22-23,25H,11,16-21H2,1-4H3. The van der Waals surface area contributed by atoms with Gasteiger partial charge in [0.05, 0.1) is 16.1 Å². The van der Waals surface area contributed by atoms with Gasteiger partial charge in [-0.2, -0.15) is 0 Å². The number of carbonyl (C=O) groups excluding carboxylic acids is 1. The number of aryl methyl sites for hydroxylation is 1. The van der Waals surface area contributed by atoms with Crippen molar-refractivity contribution in [2.24, 2.45) is 5.41 Å². The van der Waals surface area contributed by atoms with E-state index in [1.165, 1.54) is 16.4 Å². The Kier molecular flexibility index (Phi) is 7.80. The molecule has 1 spiro atoms. The van der Waals surface area contributed by atoms with Crippen molar-refractivity contribution in [3.8, 4) is 0 Å². The smallest absolute Gasteiger partial charge is 0.261 e. The maximum atomic E-state index is 14.1. The zero-order valence-electron chi connectivity index (χ0n) is 23.5. The van der Waals surface area contributed by atoms with Crippen molar-refractivity contribution in [2.75, 3.05) is 11.4 Å². The van der Waals surface area contributed by atoms with Gasteiger partial charge in [0.25, 0.3) is 8.32 Å². The molecule has 0 bridgehead atoms. The van der Waals surface area contributed by atoms with Gasteiger partial charge in [-0.15, -0.1) is 0 Å². The third-order valence-electron chi connectivity index (χ3n) is 8.90. The minimum atomic E-state index is -2.65. The molecule has 0 radical (unpaired) electrons. The molecule has 1 amide bonds. The van der Waals surface area contributed by atoms with Gasteiger partial charge in [0.2, 0.25) is 5.91 Å². The van der Waals surface area contributed by atoms with E-state index in [1.807, 2.05) is 4.90 Å². The second-order valence-electron chi connectivity index (χ2n) is 12.4. The number of anilines is 1. The van der Waals surface area contributed by atoms with Gasteiger partial charge in [0.1, 0.15) is 5.82 Å². The topological polar surface area (TPSA) is 29.5 Å². The lowest BCUT2D eigenvalue weighted by Crippen LogP contribution is -2.68. The van der Waals surface area contributed by atoms with E-state index in [1.54, 1.807) is 13.0 Å². The maximum Gasteiger partial charge on any atom is 0.261 e. The summed E-state index contributed by atoms with van der Waals surface area (Å²) in [6.07, 6.45) is 5.17. The van der Waals surface area contributed by atoms with Gasteiger partial charge >= 0.3 is 0 Å². The minimum Gasteiger partial charge on any atom is -0.404 e. The summed E-state index contributed by atoms with van der Waals surface area (Å²) in [6.45, 7) is 9.25. The van der Waals surface area contributed by atoms with E-state index in [-0.39, 0.29) is 22.9 Å². The van der Waals surface area contributed by atoms with Gasteiger partial charge in [0, 0.05) is 12.6 Å². The van der Waals surface area contributed by atoms with Crippen molar-refractivity contribution in [2.45, 2.75) is 77.4 Å². The molecule has 2 fully saturated rings. The lowest BCUT2D eigenvalue weighted by molar-refractivity contribution is -0.133. The van der Waals surface area contributed by atoms with Crippen LogP contribution in [0.3, 0.4) is 0 Å². The SMILES string of the molecule is Cc1cc(N2CCCC3(CCC(O[Si](c4ccccc4)(c4ccccc4)C(C)(C)C)CC3)C2=O)c(Cl)cc1F. The first-order valence-corrected chi connectivity index (χ1v) is 16.4. The predicted octanol–water partition coefficient (Wildman–Crippen LogP) is 7.42. The summed E-state index contributed by atoms with van der Waals surface area (Å²) in [6, 6.07) is 24.5. The van der Waals surface area contributed by atoms with E-state index in [2.05, 4.69) is 81.4 Å². The molecule has 206 valence electrons. The zero-order valence-corrected chi connectivity index (χ0v) is 25.2. The highest BCUT2D eigenvalue weighted by Gasteiger charge is 2.53. The summed E-state index contributed by atoms with van der Waals surface area (Å²) < 4.78 is 21.5. The first-order chi connectivity index (χ1) is 18.6. The van der Waals surface area contributed by atoms with E-state index in [4.69, 9.17) is 16.0 Å². The monoisotopic (exact) mass is 563 g/mol. The molecule has 39 heavy (non-hydrogen) atoms. The van der Waals surface area contributed by atoms with Gasteiger partial charge in [-0.25, -0.2) is 4.39 Å². The Labute approximate surface area is 238 Å². The first kappa shape index (κ1) is 28.1. The van der Waals surface area contributed by atoms with Crippen LogP contribution >= 0.6 is 11.6 Å². The fourth-order valence-corrected chi connectivity index (χ4v) is 11.8. The molecule has 0 aromatic heterocycles. The zero-order chi connectivity index (χ0) is 27.8. The molecule has 3 aromatic carbocycles. The second-order valence-corrected chi connectivity index (χ2v) is 17.0. The summed E-state index contributed by atoms with van der Waals surface area (Å²) >= 11 is 6.43. The summed E-state index contributed by atoms with van der Waals surface area (Å²) in [7, 11) is -2.65. The Morgan fingerprint density at radius 2 is 1.51 bits per heavy atom. The highest BCUT2D eigenvalue weighted by atomic mass is 35.5. The number of carbonyl (C=O) groups is 1. The Bertz CT molecular complexity index is 1280. The Morgan fingerprint density at radius 1 is 0.949 bits per heavy atom. The average molecular weight is 564 g/mol. The molecule has 0 atom stereocenters. The fraction of sp³-hybridized carbons (Fsp3) is 0.424. The van der Waals surface area contributed by atoms with Crippen molar-refractivity contribution in [3.63, 3.8) is 0 Å². The molecule has 1 aliphatic carbocycles. The molecule has 3 aromatic rings. The summed E-state index contributed by atoms with van der Waals surface area (Å²) in [4.78, 5) is 15.8. The Hall–Kier alpha value is -2.47. The maximum absolute atomic E-state index is 14.1. The molecule has 0 unspecified atom stereocenters. The van der Waals surface area contributed by atoms with Gasteiger partial charge < -0.3 is 9.33 Å². The van der Waals surface area contributed by atoms with Crippen LogP contribution in [-0.2, 0) is 9.22 Å². The van der Waals surface area contributed by atoms with Crippen LogP contribution in [0.25, 0.3) is 0 Å². The number of halogens is 2. The average Bonchev–Trinajstić information content (AvgIpc) is 2.92. The predicted molar refractivity (Wildman–Crippen MR) is 161 cm³/mol. The molecule has 0 N–H and O–H groups in total. The number of piperidine rings is 1. The van der Waals surface area contributed by atoms with Gasteiger partial charge in [0.15, 0.2) is 0 Å². The molecule has 3 nitrogen and oxygen atoms in total. The van der Waals surface area contributed by atoms with Crippen molar-refractivity contribution in [1.82, 2.24) is 0 Å². The Morgan fingerprint density at radius 3 is 2.05 bits per heavy atom. The van der Waals surface area contributed by atoms with Crippen LogP contribution in [-0.4, -0.2) is 26.9 Å². The van der Waals surface area contributed by atoms with Crippen molar-refractivity contribution in [3.05, 3.63) is 89.2 Å². The van der Waals surface area contributed by atoms with Gasteiger partial charge in [-0.05, 0) is 78.6 Å². The first-order valence-electron chi connectivity index (χ1n) is 14.1. The van der Waals surface area contributed by atoms with Crippen molar-refractivity contribution in [1.29, 1.82) is 0 Å². The molecule has 1 saturated heterocycles. The summed E-state index contributed by atoms with van der Waals surface area (Å²) in [5.41, 5.74) is 0.726. The van der Waals surface area contributed by atoms with Crippen LogP contribution in [0.2, 0.25) is 10.1 Å². The molecule has 5 rings (SSSR count). The normalized spacial score (nSPS) is 22.4. The molecule has 2 aliphatic rings. The number of hydrogen-bond donors (Lipinski definition) is 0. The van der Waals surface area contributed by atoms with Crippen LogP contribution in [0.15, 0.2) is 72.8 Å². The summed E-state index contributed by atoms with van der Waals surface area (Å²) in [5.74, 6) is -0.213. The fourth-order valence-electron chi connectivity index (χ4n) is 6.82. The van der Waals surface area contributed by atoms with Crippen LogP contribution in [0, 0.1) is 18.2 Å². The lowest BCUT2D eigenvalue weighted by atomic mass is 9.68. The molecule has 1 aliphatic heterocycles. The van der Waals surface area contributed by atoms with Crippen molar-refractivity contribution >= 4 is 41.9 Å². The quantitative estimate of drug-likeness (QED) is 0.302. The minimum absolute atomic E-state index is 0.0838. The molecular weight excluding hydrogens is 525 g/mol. The van der Waals surface area contributed by atoms with E-state index in [0.717, 1.165) is 38.5 Å². The molecule has 1 saturated carbocycles. The number of benzene rings is 3. The number of hydrogen-bond acceptors (Lipinski definition) is 2. The number of amides is 1. The largest absolute Gasteiger partial charge is 0.404 e. The van der Waals surface area contributed by atoms with Crippen LogP contribution in [0.5, 0.6) is 0 Å². The molecule has 6 heteroatoms.